The maximum Gasteiger partial charge on any atom is 0.290 e. The lowest BCUT2D eigenvalue weighted by Crippen LogP contribution is -2.51. The van der Waals surface area contributed by atoms with Crippen molar-refractivity contribution in [1.82, 2.24) is 10.2 Å². The quantitative estimate of drug-likeness (QED) is 0.551. The largest absolute Gasteiger partial charge is 0.508 e. The number of nitrogens with one attached hydrogen (secondary N) is 1. The number of halogens is 2. The maximum absolute atomic E-state index is 14.2. The van der Waals surface area contributed by atoms with Crippen molar-refractivity contribution in [3.05, 3.63) is 33.9 Å². The van der Waals surface area contributed by atoms with E-state index in [1.807, 2.05) is 0 Å². The zero-order valence-electron chi connectivity index (χ0n) is 11.7. The Morgan fingerprint density at radius 2 is 2.05 bits per heavy atom. The van der Waals surface area contributed by atoms with Crippen LogP contribution in [0.3, 0.4) is 0 Å². The zero-order chi connectivity index (χ0) is 16.3. The molecule has 0 bridgehead atoms. The Morgan fingerprint density at radius 3 is 2.59 bits per heavy atom. The van der Waals surface area contributed by atoms with Crippen LogP contribution in [0.2, 0.25) is 0 Å². The van der Waals surface area contributed by atoms with Crippen LogP contribution in [0.15, 0.2) is 18.2 Å². The molecular formula is C13H17F2N3O4. The van der Waals surface area contributed by atoms with Crippen LogP contribution in [0, 0.1) is 10.1 Å². The summed E-state index contributed by atoms with van der Waals surface area (Å²) in [4.78, 5) is 11.7. The minimum Gasteiger partial charge on any atom is -0.508 e. The number of nitro groups is 1. The average Bonchev–Trinajstić information content (AvgIpc) is 2.48. The summed E-state index contributed by atoms with van der Waals surface area (Å²) < 4.78 is 28.5. The molecule has 1 atom stereocenters. The predicted molar refractivity (Wildman–Crippen MR) is 74.0 cm³/mol. The third-order valence-corrected chi connectivity index (χ3v) is 3.63. The van der Waals surface area contributed by atoms with Crippen molar-refractivity contribution in [3.8, 4) is 5.75 Å². The van der Waals surface area contributed by atoms with Gasteiger partial charge >= 0.3 is 0 Å². The molecule has 0 radical (unpaired) electrons. The lowest BCUT2D eigenvalue weighted by molar-refractivity contribution is -0.386. The monoisotopic (exact) mass is 317 g/mol. The van der Waals surface area contributed by atoms with Crippen molar-refractivity contribution in [1.29, 1.82) is 0 Å². The van der Waals surface area contributed by atoms with Crippen LogP contribution in [-0.4, -0.2) is 58.7 Å². The number of nitro benzene ring substituents is 1. The Balaban J connectivity index is 2.53. The van der Waals surface area contributed by atoms with Crippen LogP contribution in [-0.2, 0) is 0 Å². The summed E-state index contributed by atoms with van der Waals surface area (Å²) in [5, 5.41) is 32.7. The van der Waals surface area contributed by atoms with E-state index in [9.17, 15) is 24.0 Å². The van der Waals surface area contributed by atoms with Crippen LogP contribution >= 0.6 is 0 Å². The fraction of sp³-hybridized carbons (Fsp3) is 0.538. The predicted octanol–water partition coefficient (Wildman–Crippen LogP) is 0.874. The van der Waals surface area contributed by atoms with Crippen LogP contribution in [0.4, 0.5) is 14.5 Å². The second-order valence-electron chi connectivity index (χ2n) is 5.11. The molecule has 1 saturated heterocycles. The first-order valence-electron chi connectivity index (χ1n) is 6.77. The van der Waals surface area contributed by atoms with E-state index in [2.05, 4.69) is 5.32 Å². The summed E-state index contributed by atoms with van der Waals surface area (Å²) in [5.41, 5.74) is -0.805. The number of nitrogens with zero attached hydrogens (tertiary/aromatic N) is 2. The standard InChI is InChI=1S/C13H17F2N3O4/c14-13(15,8-19)12(17-5-3-16-4-6-17)10-7-9(20)1-2-11(10)18(21)22/h1-2,7,12,16,19-20H,3-6,8H2/t12-/m1/s1. The molecule has 9 heteroatoms. The second-order valence-corrected chi connectivity index (χ2v) is 5.11. The first-order valence-corrected chi connectivity index (χ1v) is 6.77. The van der Waals surface area contributed by atoms with Crippen molar-refractivity contribution in [2.45, 2.75) is 12.0 Å². The molecule has 0 aromatic heterocycles. The number of aliphatic hydroxyl groups excluding tert-OH is 1. The molecule has 1 fully saturated rings. The van der Waals surface area contributed by atoms with Crippen molar-refractivity contribution in [3.63, 3.8) is 0 Å². The van der Waals surface area contributed by atoms with E-state index in [1.54, 1.807) is 0 Å². The number of phenols is 1. The SMILES string of the molecule is O=[N+]([O-])c1ccc(O)cc1[C@@H](N1CCNCC1)C(F)(F)CO. The van der Waals surface area contributed by atoms with Crippen LogP contribution < -0.4 is 5.32 Å². The average molecular weight is 317 g/mol. The van der Waals surface area contributed by atoms with E-state index in [4.69, 9.17) is 5.11 Å². The summed E-state index contributed by atoms with van der Waals surface area (Å²) in [6.07, 6.45) is 0. The lowest BCUT2D eigenvalue weighted by Gasteiger charge is -2.38. The molecule has 3 N–H and O–H groups in total. The summed E-state index contributed by atoms with van der Waals surface area (Å²) in [7, 11) is 0. The van der Waals surface area contributed by atoms with Crippen molar-refractivity contribution < 1.29 is 23.9 Å². The molecule has 122 valence electrons. The molecule has 1 aromatic carbocycles. The van der Waals surface area contributed by atoms with E-state index >= 15 is 0 Å². The van der Waals surface area contributed by atoms with Crippen LogP contribution in [0.5, 0.6) is 5.75 Å². The molecule has 0 amide bonds. The zero-order valence-corrected chi connectivity index (χ0v) is 11.7. The molecule has 2 rings (SSSR count). The van der Waals surface area contributed by atoms with Gasteiger partial charge in [-0.25, -0.2) is 8.78 Å². The molecule has 22 heavy (non-hydrogen) atoms. The Morgan fingerprint density at radius 1 is 1.41 bits per heavy atom. The minimum atomic E-state index is -3.57. The molecule has 1 aliphatic rings. The minimum absolute atomic E-state index is 0.257. The third kappa shape index (κ3) is 3.32. The highest BCUT2D eigenvalue weighted by atomic mass is 19.3. The maximum atomic E-state index is 14.2. The van der Waals surface area contributed by atoms with Gasteiger partial charge in [-0.2, -0.15) is 0 Å². The topological polar surface area (TPSA) is 98.9 Å². The highest BCUT2D eigenvalue weighted by molar-refractivity contribution is 5.47. The van der Waals surface area contributed by atoms with E-state index in [0.717, 1.165) is 18.2 Å². The Labute approximate surface area is 125 Å². The van der Waals surface area contributed by atoms with E-state index in [1.165, 1.54) is 4.90 Å². The van der Waals surface area contributed by atoms with Gasteiger partial charge in [0.05, 0.1) is 10.5 Å². The highest BCUT2D eigenvalue weighted by Crippen LogP contribution is 2.41. The number of hydrogen-bond acceptors (Lipinski definition) is 6. The van der Waals surface area contributed by atoms with Gasteiger partial charge in [-0.1, -0.05) is 0 Å². The number of aromatic hydroxyl groups is 1. The highest BCUT2D eigenvalue weighted by Gasteiger charge is 2.46. The fourth-order valence-electron chi connectivity index (χ4n) is 2.65. The number of benzene rings is 1. The van der Waals surface area contributed by atoms with Crippen molar-refractivity contribution in [2.75, 3.05) is 32.8 Å². The third-order valence-electron chi connectivity index (χ3n) is 3.63. The summed E-state index contributed by atoms with van der Waals surface area (Å²) in [6.45, 7) is 0.00375. The van der Waals surface area contributed by atoms with Crippen LogP contribution in [0.25, 0.3) is 0 Å². The van der Waals surface area contributed by atoms with Gasteiger partial charge in [-0.15, -0.1) is 0 Å². The number of piperazine rings is 1. The first kappa shape index (κ1) is 16.5. The van der Waals surface area contributed by atoms with E-state index in [0.29, 0.717) is 13.1 Å². The van der Waals surface area contributed by atoms with Gasteiger partial charge in [-0.3, -0.25) is 15.0 Å². The molecule has 1 aromatic rings. The molecule has 0 saturated carbocycles. The molecule has 0 spiro atoms. The van der Waals surface area contributed by atoms with Crippen molar-refractivity contribution >= 4 is 5.69 Å². The summed E-state index contributed by atoms with van der Waals surface area (Å²) >= 11 is 0. The summed E-state index contributed by atoms with van der Waals surface area (Å²) in [6, 6.07) is 1.36. The molecule has 7 nitrogen and oxygen atoms in total. The first-order chi connectivity index (χ1) is 10.4. The lowest BCUT2D eigenvalue weighted by atomic mass is 9.96. The Hall–Kier alpha value is -1.84. The Kier molecular flexibility index (Phi) is 4.89. The van der Waals surface area contributed by atoms with Gasteiger partial charge in [0, 0.05) is 32.2 Å². The van der Waals surface area contributed by atoms with Gasteiger partial charge < -0.3 is 15.5 Å². The van der Waals surface area contributed by atoms with Gasteiger partial charge in [0.25, 0.3) is 11.6 Å². The number of aliphatic hydroxyl groups is 1. The molecular weight excluding hydrogens is 300 g/mol. The number of rotatable bonds is 5. The molecule has 1 aliphatic heterocycles. The van der Waals surface area contributed by atoms with Gasteiger partial charge in [-0.05, 0) is 12.1 Å². The molecule has 0 unspecified atom stereocenters. The van der Waals surface area contributed by atoms with Gasteiger partial charge in [0.15, 0.2) is 0 Å². The van der Waals surface area contributed by atoms with E-state index < -0.39 is 29.2 Å². The van der Waals surface area contributed by atoms with E-state index in [-0.39, 0.29) is 24.4 Å². The number of hydrogen-bond donors (Lipinski definition) is 3. The second kappa shape index (κ2) is 6.51. The van der Waals surface area contributed by atoms with Crippen molar-refractivity contribution in [2.24, 2.45) is 0 Å². The molecule has 1 heterocycles. The number of alkyl halides is 2. The normalized spacial score (nSPS) is 18.1. The fourth-order valence-corrected chi connectivity index (χ4v) is 2.65. The van der Waals surface area contributed by atoms with Gasteiger partial charge in [0.2, 0.25) is 0 Å². The Bertz CT molecular complexity index is 550. The smallest absolute Gasteiger partial charge is 0.290 e. The number of phenolic OH excluding ortho intramolecular Hbond substituents is 1. The summed E-state index contributed by atoms with van der Waals surface area (Å²) in [5.74, 6) is -3.91. The van der Waals surface area contributed by atoms with Crippen LogP contribution in [0.1, 0.15) is 11.6 Å². The van der Waals surface area contributed by atoms with Gasteiger partial charge in [0.1, 0.15) is 18.4 Å². The molecule has 0 aliphatic carbocycles.